The summed E-state index contributed by atoms with van der Waals surface area (Å²) in [5, 5.41) is 21.3. The fourth-order valence-corrected chi connectivity index (χ4v) is 2.96. The van der Waals surface area contributed by atoms with Crippen LogP contribution < -0.4 is 5.32 Å². The van der Waals surface area contributed by atoms with E-state index in [1.165, 1.54) is 0 Å². The van der Waals surface area contributed by atoms with Crippen LogP contribution in [0.5, 0.6) is 0 Å². The van der Waals surface area contributed by atoms with Gasteiger partial charge in [-0.1, -0.05) is 69.3 Å². The third-order valence-corrected chi connectivity index (χ3v) is 4.60. The number of carboxylic acids is 2. The maximum Gasteiger partial charge on any atom is 0.330 e. The number of carbonyl (C=O) groups excluding carboxylic acids is 1. The molecule has 2 rings (SSSR count). The quantitative estimate of drug-likeness (QED) is 0.623. The molecule has 0 heterocycles. The number of rotatable bonds is 8. The second-order valence-electron chi connectivity index (χ2n) is 8.02. The van der Waals surface area contributed by atoms with Gasteiger partial charge in [0, 0.05) is 11.8 Å². The van der Waals surface area contributed by atoms with E-state index < -0.39 is 23.4 Å². The second kappa shape index (κ2) is 9.37. The van der Waals surface area contributed by atoms with Crippen LogP contribution in [0.4, 0.5) is 0 Å². The number of amides is 1. The Kier molecular flexibility index (Phi) is 7.15. The van der Waals surface area contributed by atoms with Gasteiger partial charge in [-0.15, -0.1) is 0 Å². The molecule has 0 saturated carbocycles. The molecule has 0 aliphatic rings. The third-order valence-electron chi connectivity index (χ3n) is 4.60. The first-order valence-electron chi connectivity index (χ1n) is 9.53. The monoisotopic (exact) mass is 397 g/mol. The van der Waals surface area contributed by atoms with Crippen LogP contribution in [0, 0.1) is 5.41 Å². The molecule has 0 aromatic heterocycles. The Labute approximate surface area is 170 Å². The minimum atomic E-state index is -1.20. The number of aryl methyl sites for hydroxylation is 1. The predicted molar refractivity (Wildman–Crippen MR) is 110 cm³/mol. The van der Waals surface area contributed by atoms with E-state index in [2.05, 4.69) is 5.32 Å². The zero-order valence-electron chi connectivity index (χ0n) is 16.9. The smallest absolute Gasteiger partial charge is 0.330 e. The molecule has 0 aliphatic heterocycles. The molecule has 6 heteroatoms. The summed E-state index contributed by atoms with van der Waals surface area (Å²) in [6, 6.07) is 13.8. The highest BCUT2D eigenvalue weighted by atomic mass is 16.4. The van der Waals surface area contributed by atoms with Crippen molar-refractivity contribution in [2.24, 2.45) is 5.41 Å². The second-order valence-corrected chi connectivity index (χ2v) is 8.02. The summed E-state index contributed by atoms with van der Waals surface area (Å²) in [4.78, 5) is 35.3. The van der Waals surface area contributed by atoms with Crippen LogP contribution in [-0.4, -0.2) is 28.1 Å². The number of carbonyl (C=O) groups is 3. The fourth-order valence-electron chi connectivity index (χ4n) is 2.96. The first kappa shape index (κ1) is 22.1. The summed E-state index contributed by atoms with van der Waals surface area (Å²) in [6.07, 6.45) is 0.763. The molecule has 2 aromatic carbocycles. The van der Waals surface area contributed by atoms with Gasteiger partial charge in [-0.25, -0.2) is 4.79 Å². The van der Waals surface area contributed by atoms with E-state index in [0.29, 0.717) is 24.0 Å². The molecule has 1 unspecified atom stereocenters. The number of aliphatic carboxylic acids is 2. The molecule has 154 valence electrons. The van der Waals surface area contributed by atoms with Gasteiger partial charge in [0.2, 0.25) is 5.91 Å². The third kappa shape index (κ3) is 6.17. The topological polar surface area (TPSA) is 104 Å². The minimum Gasteiger partial charge on any atom is -0.481 e. The largest absolute Gasteiger partial charge is 0.481 e. The highest BCUT2D eigenvalue weighted by molar-refractivity contribution is 5.87. The number of hydrogen-bond acceptors (Lipinski definition) is 3. The molecule has 0 fully saturated rings. The maximum atomic E-state index is 12.4. The van der Waals surface area contributed by atoms with Gasteiger partial charge >= 0.3 is 11.9 Å². The summed E-state index contributed by atoms with van der Waals surface area (Å²) in [5.74, 6) is -2.43. The molecule has 0 spiro atoms. The van der Waals surface area contributed by atoms with Crippen molar-refractivity contribution in [3.63, 3.8) is 0 Å². The van der Waals surface area contributed by atoms with E-state index >= 15 is 0 Å². The van der Waals surface area contributed by atoms with Gasteiger partial charge in [0.1, 0.15) is 0 Å². The number of nitrogens with one attached hydrogen (secondary N) is 1. The SMILES string of the molecule is CC(C)(C)C(=O)NC(C(=O)O)c1ccc(-c2ccccc2)cc1CCCC(=O)O. The van der Waals surface area contributed by atoms with Gasteiger partial charge in [0.25, 0.3) is 0 Å². The van der Waals surface area contributed by atoms with Crippen molar-refractivity contribution in [1.29, 1.82) is 0 Å². The highest BCUT2D eigenvalue weighted by Gasteiger charge is 2.30. The average molecular weight is 397 g/mol. The highest BCUT2D eigenvalue weighted by Crippen LogP contribution is 2.28. The zero-order chi connectivity index (χ0) is 21.6. The van der Waals surface area contributed by atoms with Crippen LogP contribution in [0.25, 0.3) is 11.1 Å². The van der Waals surface area contributed by atoms with Crippen LogP contribution >= 0.6 is 0 Å². The lowest BCUT2D eigenvalue weighted by atomic mass is 9.90. The van der Waals surface area contributed by atoms with Crippen LogP contribution in [0.1, 0.15) is 50.8 Å². The van der Waals surface area contributed by atoms with Gasteiger partial charge in [0.05, 0.1) is 0 Å². The van der Waals surface area contributed by atoms with E-state index in [4.69, 9.17) is 5.11 Å². The standard InChI is InChI=1S/C23H27NO5/c1-23(2,3)22(29)24-20(21(27)28)18-13-12-16(15-8-5-4-6-9-15)14-17(18)10-7-11-19(25)26/h4-6,8-9,12-14,20H,7,10-11H2,1-3H3,(H,24,29)(H,25,26)(H,27,28). The molecule has 0 radical (unpaired) electrons. The van der Waals surface area contributed by atoms with Crippen LogP contribution in [0.15, 0.2) is 48.5 Å². The molecular weight excluding hydrogens is 370 g/mol. The van der Waals surface area contributed by atoms with Crippen molar-refractivity contribution in [2.75, 3.05) is 0 Å². The Balaban J connectivity index is 2.44. The number of hydrogen-bond donors (Lipinski definition) is 3. The lowest BCUT2D eigenvalue weighted by molar-refractivity contribution is -0.143. The first-order valence-corrected chi connectivity index (χ1v) is 9.53. The van der Waals surface area contributed by atoms with Gasteiger partial charge < -0.3 is 15.5 Å². The molecule has 6 nitrogen and oxygen atoms in total. The molecule has 29 heavy (non-hydrogen) atoms. The Bertz CT molecular complexity index is 884. The molecule has 1 atom stereocenters. The predicted octanol–water partition coefficient (Wildman–Crippen LogP) is 4.05. The van der Waals surface area contributed by atoms with Crippen molar-refractivity contribution in [3.8, 4) is 11.1 Å². The van der Waals surface area contributed by atoms with Crippen molar-refractivity contribution in [2.45, 2.75) is 46.1 Å². The number of carboxylic acid groups (broad SMARTS) is 2. The Hall–Kier alpha value is -3.15. The summed E-state index contributed by atoms with van der Waals surface area (Å²) < 4.78 is 0. The number of benzene rings is 2. The Morgan fingerprint density at radius 2 is 1.62 bits per heavy atom. The molecule has 3 N–H and O–H groups in total. The van der Waals surface area contributed by atoms with E-state index in [-0.39, 0.29) is 12.3 Å². The normalized spacial score (nSPS) is 12.2. The fraction of sp³-hybridized carbons (Fsp3) is 0.348. The van der Waals surface area contributed by atoms with E-state index in [9.17, 15) is 19.5 Å². The van der Waals surface area contributed by atoms with Crippen LogP contribution in [0.2, 0.25) is 0 Å². The molecule has 0 saturated heterocycles. The Morgan fingerprint density at radius 1 is 0.966 bits per heavy atom. The van der Waals surface area contributed by atoms with Crippen LogP contribution in [0.3, 0.4) is 0 Å². The minimum absolute atomic E-state index is 0.0128. The maximum absolute atomic E-state index is 12.4. The summed E-state index contributed by atoms with van der Waals surface area (Å²) in [6.45, 7) is 5.15. The molecular formula is C23H27NO5. The summed E-state index contributed by atoms with van der Waals surface area (Å²) in [7, 11) is 0. The lowest BCUT2D eigenvalue weighted by Gasteiger charge is -2.24. The van der Waals surface area contributed by atoms with E-state index in [1.54, 1.807) is 26.8 Å². The first-order chi connectivity index (χ1) is 13.6. The van der Waals surface area contributed by atoms with E-state index in [0.717, 1.165) is 11.1 Å². The molecule has 0 bridgehead atoms. The molecule has 2 aromatic rings. The van der Waals surface area contributed by atoms with Gasteiger partial charge in [-0.2, -0.15) is 0 Å². The van der Waals surface area contributed by atoms with Crippen LogP contribution in [-0.2, 0) is 20.8 Å². The van der Waals surface area contributed by atoms with Gasteiger partial charge in [-0.05, 0) is 35.1 Å². The van der Waals surface area contributed by atoms with Crippen molar-refractivity contribution >= 4 is 17.8 Å². The lowest BCUT2D eigenvalue weighted by Crippen LogP contribution is -2.40. The summed E-state index contributed by atoms with van der Waals surface area (Å²) in [5.41, 5.74) is 2.34. The van der Waals surface area contributed by atoms with Crippen molar-refractivity contribution in [3.05, 3.63) is 59.7 Å². The molecule has 0 aliphatic carbocycles. The Morgan fingerprint density at radius 3 is 2.17 bits per heavy atom. The zero-order valence-corrected chi connectivity index (χ0v) is 16.9. The van der Waals surface area contributed by atoms with Gasteiger partial charge in [0.15, 0.2) is 6.04 Å². The van der Waals surface area contributed by atoms with E-state index in [1.807, 2.05) is 42.5 Å². The van der Waals surface area contributed by atoms with Crippen molar-refractivity contribution < 1.29 is 24.6 Å². The van der Waals surface area contributed by atoms with Gasteiger partial charge in [-0.3, -0.25) is 9.59 Å². The average Bonchev–Trinajstić information content (AvgIpc) is 2.65. The summed E-state index contributed by atoms with van der Waals surface area (Å²) >= 11 is 0. The molecule has 1 amide bonds. The van der Waals surface area contributed by atoms with Crippen molar-refractivity contribution in [1.82, 2.24) is 5.32 Å².